The van der Waals surface area contributed by atoms with Crippen LogP contribution in [0.3, 0.4) is 0 Å². The third kappa shape index (κ3) is 4.78. The molecule has 0 radical (unpaired) electrons. The van der Waals surface area contributed by atoms with E-state index in [9.17, 15) is 0 Å². The van der Waals surface area contributed by atoms with Gasteiger partial charge in [0.25, 0.3) is 0 Å². The van der Waals surface area contributed by atoms with E-state index in [1.54, 1.807) is 6.26 Å². The minimum absolute atomic E-state index is 0.215. The lowest BCUT2D eigenvalue weighted by atomic mass is 10.0. The highest BCUT2D eigenvalue weighted by Gasteiger charge is 2.40. The quantitative estimate of drug-likeness (QED) is 0.796. The highest BCUT2D eigenvalue weighted by molar-refractivity contribution is 5.00. The van der Waals surface area contributed by atoms with Gasteiger partial charge in [-0.2, -0.15) is 0 Å². The Morgan fingerprint density at radius 2 is 2.00 bits per heavy atom. The van der Waals surface area contributed by atoms with E-state index in [4.69, 9.17) is 13.9 Å². The molecule has 0 N–H and O–H groups in total. The molecule has 1 aromatic rings. The molecular weight excluding hydrogens is 294 g/mol. The Balaban J connectivity index is 1.61. The molecule has 2 aliphatic rings. The zero-order valence-electron chi connectivity index (χ0n) is 14.4. The average molecular weight is 323 g/mol. The Hall–Kier alpha value is -0.920. The standard InChI is InChI=1S/C17H29N3O3/c1-18(2)5-6-19-7-10-21-15-17(13-19)14-20(8-11-23-17)12-16-4-3-9-22-16/h3-4,9H,5-8,10-15H2,1-2H3/t17-/m1/s1. The molecular formula is C17H29N3O3. The summed E-state index contributed by atoms with van der Waals surface area (Å²) in [6.45, 7) is 8.95. The van der Waals surface area contributed by atoms with Gasteiger partial charge in [0.15, 0.2) is 0 Å². The van der Waals surface area contributed by atoms with E-state index in [1.807, 2.05) is 12.1 Å². The van der Waals surface area contributed by atoms with Gasteiger partial charge < -0.3 is 18.8 Å². The summed E-state index contributed by atoms with van der Waals surface area (Å²) < 4.78 is 17.6. The van der Waals surface area contributed by atoms with Crippen LogP contribution in [0.25, 0.3) is 0 Å². The molecule has 3 heterocycles. The van der Waals surface area contributed by atoms with Crippen LogP contribution in [0.2, 0.25) is 0 Å². The zero-order chi connectivity index (χ0) is 16.1. The fourth-order valence-electron chi connectivity index (χ4n) is 3.38. The number of ether oxygens (including phenoxy) is 2. The van der Waals surface area contributed by atoms with Crippen LogP contribution in [-0.2, 0) is 16.0 Å². The molecule has 1 spiro atoms. The van der Waals surface area contributed by atoms with E-state index in [0.29, 0.717) is 6.61 Å². The lowest BCUT2D eigenvalue weighted by Gasteiger charge is -2.43. The van der Waals surface area contributed by atoms with Crippen LogP contribution in [0.4, 0.5) is 0 Å². The second-order valence-corrected chi connectivity index (χ2v) is 6.95. The van der Waals surface area contributed by atoms with Gasteiger partial charge in [-0.15, -0.1) is 0 Å². The molecule has 1 atom stereocenters. The molecule has 0 aromatic carbocycles. The molecule has 6 heteroatoms. The molecule has 6 nitrogen and oxygen atoms in total. The zero-order valence-corrected chi connectivity index (χ0v) is 14.4. The van der Waals surface area contributed by atoms with Crippen molar-refractivity contribution in [3.8, 4) is 0 Å². The van der Waals surface area contributed by atoms with Gasteiger partial charge in [-0.05, 0) is 26.2 Å². The molecule has 0 amide bonds. The molecule has 23 heavy (non-hydrogen) atoms. The van der Waals surface area contributed by atoms with Gasteiger partial charge >= 0.3 is 0 Å². The van der Waals surface area contributed by atoms with Crippen molar-refractivity contribution in [2.24, 2.45) is 0 Å². The van der Waals surface area contributed by atoms with Gasteiger partial charge in [-0.3, -0.25) is 9.80 Å². The number of nitrogens with zero attached hydrogens (tertiary/aromatic N) is 3. The van der Waals surface area contributed by atoms with Crippen molar-refractivity contribution in [3.63, 3.8) is 0 Å². The molecule has 130 valence electrons. The molecule has 2 fully saturated rings. The van der Waals surface area contributed by atoms with Crippen molar-refractivity contribution in [1.29, 1.82) is 0 Å². The van der Waals surface area contributed by atoms with Gasteiger partial charge in [-0.1, -0.05) is 0 Å². The molecule has 0 bridgehead atoms. The predicted octanol–water partition coefficient (Wildman–Crippen LogP) is 0.744. The number of furan rings is 1. The van der Waals surface area contributed by atoms with Gasteiger partial charge in [-0.25, -0.2) is 0 Å². The molecule has 0 unspecified atom stereocenters. The molecule has 2 saturated heterocycles. The van der Waals surface area contributed by atoms with Crippen molar-refractivity contribution < 1.29 is 13.9 Å². The normalized spacial score (nSPS) is 27.6. The van der Waals surface area contributed by atoms with Crippen molar-refractivity contribution in [2.45, 2.75) is 12.1 Å². The topological polar surface area (TPSA) is 41.3 Å². The molecule has 0 saturated carbocycles. The van der Waals surface area contributed by atoms with Gasteiger partial charge in [0.1, 0.15) is 11.4 Å². The van der Waals surface area contributed by atoms with Crippen LogP contribution >= 0.6 is 0 Å². The molecule has 3 rings (SSSR count). The Kier molecular flexibility index (Phi) is 5.71. The molecule has 1 aromatic heterocycles. The van der Waals surface area contributed by atoms with Crippen LogP contribution in [0.1, 0.15) is 5.76 Å². The average Bonchev–Trinajstić information content (AvgIpc) is 2.94. The Morgan fingerprint density at radius 3 is 2.78 bits per heavy atom. The Labute approximate surface area is 138 Å². The minimum atomic E-state index is -0.215. The summed E-state index contributed by atoms with van der Waals surface area (Å²) >= 11 is 0. The first-order valence-corrected chi connectivity index (χ1v) is 8.49. The van der Waals surface area contributed by atoms with Crippen molar-refractivity contribution >= 4 is 0 Å². The van der Waals surface area contributed by atoms with E-state index in [2.05, 4.69) is 28.8 Å². The van der Waals surface area contributed by atoms with Crippen molar-refractivity contribution in [2.75, 3.05) is 73.2 Å². The summed E-state index contributed by atoms with van der Waals surface area (Å²) in [6, 6.07) is 3.98. The molecule has 2 aliphatic heterocycles. The largest absolute Gasteiger partial charge is 0.468 e. The van der Waals surface area contributed by atoms with Crippen LogP contribution in [0.15, 0.2) is 22.8 Å². The maximum absolute atomic E-state index is 6.22. The number of likely N-dealkylation sites (N-methyl/N-ethyl adjacent to an activating group) is 1. The smallest absolute Gasteiger partial charge is 0.117 e. The number of hydrogen-bond donors (Lipinski definition) is 0. The minimum Gasteiger partial charge on any atom is -0.468 e. The van der Waals surface area contributed by atoms with Crippen LogP contribution in [-0.4, -0.2) is 93.5 Å². The summed E-state index contributed by atoms with van der Waals surface area (Å²) in [5.41, 5.74) is -0.215. The summed E-state index contributed by atoms with van der Waals surface area (Å²) in [7, 11) is 4.23. The Bertz CT molecular complexity index is 466. The SMILES string of the molecule is CN(C)CCN1CCOC[C@@]2(C1)CN(Cc1ccco1)CCO2. The first-order chi connectivity index (χ1) is 11.2. The fourth-order valence-corrected chi connectivity index (χ4v) is 3.38. The lowest BCUT2D eigenvalue weighted by molar-refractivity contribution is -0.143. The second-order valence-electron chi connectivity index (χ2n) is 6.95. The van der Waals surface area contributed by atoms with Gasteiger partial charge in [0, 0.05) is 39.3 Å². The van der Waals surface area contributed by atoms with Crippen molar-refractivity contribution in [1.82, 2.24) is 14.7 Å². The van der Waals surface area contributed by atoms with E-state index in [1.165, 1.54) is 0 Å². The number of rotatable bonds is 5. The summed E-state index contributed by atoms with van der Waals surface area (Å²) in [6.07, 6.45) is 1.74. The van der Waals surface area contributed by atoms with Gasteiger partial charge in [0.05, 0.1) is 32.6 Å². The Morgan fingerprint density at radius 1 is 1.17 bits per heavy atom. The van der Waals surface area contributed by atoms with Crippen LogP contribution < -0.4 is 0 Å². The summed E-state index contributed by atoms with van der Waals surface area (Å²) in [5, 5.41) is 0. The third-order valence-electron chi connectivity index (χ3n) is 4.58. The lowest BCUT2D eigenvalue weighted by Crippen LogP contribution is -2.58. The third-order valence-corrected chi connectivity index (χ3v) is 4.58. The fraction of sp³-hybridized carbons (Fsp3) is 0.765. The van der Waals surface area contributed by atoms with Crippen LogP contribution in [0.5, 0.6) is 0 Å². The maximum Gasteiger partial charge on any atom is 0.117 e. The van der Waals surface area contributed by atoms with E-state index >= 15 is 0 Å². The first kappa shape index (κ1) is 16.9. The predicted molar refractivity (Wildman–Crippen MR) is 88.5 cm³/mol. The molecule has 0 aliphatic carbocycles. The first-order valence-electron chi connectivity index (χ1n) is 8.49. The highest BCUT2D eigenvalue weighted by Crippen LogP contribution is 2.23. The summed E-state index contributed by atoms with van der Waals surface area (Å²) in [5.74, 6) is 1.01. The maximum atomic E-state index is 6.22. The number of morpholine rings is 1. The van der Waals surface area contributed by atoms with E-state index in [0.717, 1.165) is 64.8 Å². The number of hydrogen-bond acceptors (Lipinski definition) is 6. The highest BCUT2D eigenvalue weighted by atomic mass is 16.5. The second kappa shape index (κ2) is 7.77. The summed E-state index contributed by atoms with van der Waals surface area (Å²) in [4.78, 5) is 7.12. The van der Waals surface area contributed by atoms with Gasteiger partial charge in [0.2, 0.25) is 0 Å². The van der Waals surface area contributed by atoms with E-state index in [-0.39, 0.29) is 5.60 Å². The van der Waals surface area contributed by atoms with Crippen LogP contribution in [0, 0.1) is 0 Å². The van der Waals surface area contributed by atoms with E-state index < -0.39 is 0 Å². The van der Waals surface area contributed by atoms with Crippen molar-refractivity contribution in [3.05, 3.63) is 24.2 Å². The monoisotopic (exact) mass is 323 g/mol.